The second-order valence-corrected chi connectivity index (χ2v) is 6.40. The largest absolute Gasteiger partial charge is 0.335 e. The van der Waals surface area contributed by atoms with E-state index in [4.69, 9.17) is 0 Å². The van der Waals surface area contributed by atoms with Crippen molar-refractivity contribution in [1.82, 2.24) is 9.80 Å². The van der Waals surface area contributed by atoms with Crippen molar-refractivity contribution in [2.45, 2.75) is 6.42 Å². The van der Waals surface area contributed by atoms with Crippen LogP contribution in [-0.4, -0.2) is 48.4 Å². The van der Waals surface area contributed by atoms with E-state index in [1.54, 1.807) is 6.07 Å². The fraction of sp³-hybridized carbons (Fsp3) is 0.353. The second kappa shape index (κ2) is 7.03. The molecule has 2 aromatic rings. The normalized spacial score (nSPS) is 16.0. The summed E-state index contributed by atoms with van der Waals surface area (Å²) in [5.41, 5.74) is 0.764. The van der Waals surface area contributed by atoms with E-state index in [-0.39, 0.29) is 11.7 Å². The van der Waals surface area contributed by atoms with Crippen LogP contribution >= 0.6 is 11.3 Å². The highest BCUT2D eigenvalue weighted by atomic mass is 32.1. The van der Waals surface area contributed by atoms with Crippen LogP contribution in [0.2, 0.25) is 0 Å². The van der Waals surface area contributed by atoms with E-state index in [1.165, 1.54) is 17.4 Å². The summed E-state index contributed by atoms with van der Waals surface area (Å²) in [6.45, 7) is 4.03. The minimum Gasteiger partial charge on any atom is -0.335 e. The highest BCUT2D eigenvalue weighted by Crippen LogP contribution is 2.14. The Morgan fingerprint density at radius 1 is 1.09 bits per heavy atom. The highest BCUT2D eigenvalue weighted by Gasteiger charge is 2.22. The number of carbonyl (C=O) groups is 1. The van der Waals surface area contributed by atoms with Gasteiger partial charge in [-0.15, -0.1) is 11.3 Å². The van der Waals surface area contributed by atoms with Crippen LogP contribution in [0.1, 0.15) is 15.2 Å². The first-order valence-corrected chi connectivity index (χ1v) is 8.40. The van der Waals surface area contributed by atoms with Crippen LogP contribution < -0.4 is 0 Å². The number of hydrogen-bond acceptors (Lipinski definition) is 3. The molecule has 0 unspecified atom stereocenters. The summed E-state index contributed by atoms with van der Waals surface area (Å²) in [6.07, 6.45) is 0.714. The first-order valence-electron chi connectivity index (χ1n) is 7.52. The maximum absolute atomic E-state index is 13.6. The molecular formula is C17H19FN2OS. The molecular weight excluding hydrogens is 299 g/mol. The second-order valence-electron chi connectivity index (χ2n) is 5.45. The minimum atomic E-state index is -0.131. The Balaban J connectivity index is 1.48. The van der Waals surface area contributed by atoms with Gasteiger partial charge in [0.05, 0.1) is 4.88 Å². The van der Waals surface area contributed by atoms with Gasteiger partial charge < -0.3 is 4.90 Å². The summed E-state index contributed by atoms with van der Waals surface area (Å²) in [6, 6.07) is 10.7. The summed E-state index contributed by atoms with van der Waals surface area (Å²) in [7, 11) is 0. The molecule has 0 bridgehead atoms. The van der Waals surface area contributed by atoms with Gasteiger partial charge in [-0.3, -0.25) is 9.69 Å². The maximum Gasteiger partial charge on any atom is 0.264 e. The highest BCUT2D eigenvalue weighted by molar-refractivity contribution is 7.12. The summed E-state index contributed by atoms with van der Waals surface area (Å²) >= 11 is 1.49. The number of carbonyl (C=O) groups excluding carboxylic acids is 1. The third-order valence-corrected chi connectivity index (χ3v) is 4.90. The van der Waals surface area contributed by atoms with Gasteiger partial charge >= 0.3 is 0 Å². The van der Waals surface area contributed by atoms with Crippen molar-refractivity contribution in [1.29, 1.82) is 0 Å². The van der Waals surface area contributed by atoms with E-state index in [2.05, 4.69) is 4.90 Å². The van der Waals surface area contributed by atoms with Crippen LogP contribution in [0.15, 0.2) is 41.8 Å². The Morgan fingerprint density at radius 3 is 2.55 bits per heavy atom. The number of thiophene rings is 1. The molecule has 0 aliphatic carbocycles. The van der Waals surface area contributed by atoms with Crippen molar-refractivity contribution in [3.8, 4) is 0 Å². The molecule has 1 saturated heterocycles. The number of rotatable bonds is 4. The Kier molecular flexibility index (Phi) is 4.85. The summed E-state index contributed by atoms with van der Waals surface area (Å²) in [5.74, 6) is -0.00207. The van der Waals surface area contributed by atoms with Crippen molar-refractivity contribution >= 4 is 17.2 Å². The molecule has 3 rings (SSSR count). The van der Waals surface area contributed by atoms with Gasteiger partial charge in [0.25, 0.3) is 5.91 Å². The Labute approximate surface area is 134 Å². The van der Waals surface area contributed by atoms with Gasteiger partial charge in [0, 0.05) is 32.7 Å². The molecule has 1 aliphatic rings. The molecule has 0 saturated carbocycles. The molecule has 5 heteroatoms. The fourth-order valence-electron chi connectivity index (χ4n) is 2.71. The van der Waals surface area contributed by atoms with Gasteiger partial charge in [-0.1, -0.05) is 24.3 Å². The molecule has 1 aromatic heterocycles. The number of halogens is 1. The SMILES string of the molecule is O=C(c1cccs1)N1CCN(CCc2ccccc2F)CC1. The van der Waals surface area contributed by atoms with Crippen LogP contribution in [0.25, 0.3) is 0 Å². The van der Waals surface area contributed by atoms with E-state index in [9.17, 15) is 9.18 Å². The van der Waals surface area contributed by atoms with Crippen molar-refractivity contribution < 1.29 is 9.18 Å². The van der Waals surface area contributed by atoms with E-state index in [0.717, 1.165) is 43.2 Å². The molecule has 1 fully saturated rings. The predicted molar refractivity (Wildman–Crippen MR) is 86.8 cm³/mol. The Bertz CT molecular complexity index is 621. The standard InChI is InChI=1S/C17H19FN2OS/c18-15-5-2-1-4-14(15)7-8-19-9-11-20(12-10-19)17(21)16-6-3-13-22-16/h1-6,13H,7-12H2. The van der Waals surface area contributed by atoms with Crippen molar-refractivity contribution in [3.63, 3.8) is 0 Å². The first kappa shape index (κ1) is 15.2. The fourth-order valence-corrected chi connectivity index (χ4v) is 3.40. The number of piperazine rings is 1. The van der Waals surface area contributed by atoms with E-state index < -0.39 is 0 Å². The number of nitrogens with zero attached hydrogens (tertiary/aromatic N) is 2. The lowest BCUT2D eigenvalue weighted by molar-refractivity contribution is 0.0643. The molecule has 116 valence electrons. The third kappa shape index (κ3) is 3.54. The minimum absolute atomic E-state index is 0.128. The van der Waals surface area contributed by atoms with E-state index in [0.29, 0.717) is 6.42 Å². The zero-order chi connectivity index (χ0) is 15.4. The molecule has 0 N–H and O–H groups in total. The quantitative estimate of drug-likeness (QED) is 0.865. The van der Waals surface area contributed by atoms with Crippen LogP contribution in [0.3, 0.4) is 0 Å². The van der Waals surface area contributed by atoms with E-state index >= 15 is 0 Å². The zero-order valence-electron chi connectivity index (χ0n) is 12.4. The van der Waals surface area contributed by atoms with Crippen molar-refractivity contribution in [2.24, 2.45) is 0 Å². The zero-order valence-corrected chi connectivity index (χ0v) is 13.2. The van der Waals surface area contributed by atoms with Crippen LogP contribution in [0.5, 0.6) is 0 Å². The lowest BCUT2D eigenvalue weighted by Gasteiger charge is -2.34. The molecule has 1 amide bonds. The van der Waals surface area contributed by atoms with Gasteiger partial charge in [0.2, 0.25) is 0 Å². The monoisotopic (exact) mass is 318 g/mol. The molecule has 3 nitrogen and oxygen atoms in total. The molecule has 2 heterocycles. The Hall–Kier alpha value is -1.72. The molecule has 1 aliphatic heterocycles. The maximum atomic E-state index is 13.6. The average Bonchev–Trinajstić information content (AvgIpc) is 3.08. The van der Waals surface area contributed by atoms with Crippen LogP contribution in [-0.2, 0) is 6.42 Å². The topological polar surface area (TPSA) is 23.6 Å². The lowest BCUT2D eigenvalue weighted by Crippen LogP contribution is -2.49. The summed E-state index contributed by atoms with van der Waals surface area (Å²) < 4.78 is 13.6. The van der Waals surface area contributed by atoms with Crippen molar-refractivity contribution in [3.05, 3.63) is 58.0 Å². The Morgan fingerprint density at radius 2 is 1.86 bits per heavy atom. The van der Waals surface area contributed by atoms with Gasteiger partial charge in [-0.25, -0.2) is 4.39 Å². The summed E-state index contributed by atoms with van der Waals surface area (Å²) in [4.78, 5) is 17.3. The molecule has 0 radical (unpaired) electrons. The molecule has 0 atom stereocenters. The lowest BCUT2D eigenvalue weighted by atomic mass is 10.1. The van der Waals surface area contributed by atoms with Crippen LogP contribution in [0, 0.1) is 5.82 Å². The van der Waals surface area contributed by atoms with E-state index in [1.807, 2.05) is 34.5 Å². The van der Waals surface area contributed by atoms with Gasteiger partial charge in [-0.05, 0) is 29.5 Å². The van der Waals surface area contributed by atoms with Crippen LogP contribution in [0.4, 0.5) is 4.39 Å². The smallest absolute Gasteiger partial charge is 0.264 e. The predicted octanol–water partition coefficient (Wildman–Crippen LogP) is 2.89. The van der Waals surface area contributed by atoms with Gasteiger partial charge in [-0.2, -0.15) is 0 Å². The molecule has 0 spiro atoms. The summed E-state index contributed by atoms with van der Waals surface area (Å²) in [5, 5.41) is 1.93. The molecule has 22 heavy (non-hydrogen) atoms. The average molecular weight is 318 g/mol. The number of hydrogen-bond donors (Lipinski definition) is 0. The molecule has 1 aromatic carbocycles. The van der Waals surface area contributed by atoms with Crippen molar-refractivity contribution in [2.75, 3.05) is 32.7 Å². The first-order chi connectivity index (χ1) is 10.7. The van der Waals surface area contributed by atoms with Gasteiger partial charge in [0.15, 0.2) is 0 Å². The number of amides is 1. The van der Waals surface area contributed by atoms with Gasteiger partial charge in [0.1, 0.15) is 5.82 Å². The third-order valence-electron chi connectivity index (χ3n) is 4.05. The number of benzene rings is 1.